The Kier molecular flexibility index (Phi) is 1.57. The lowest BCUT2D eigenvalue weighted by molar-refractivity contribution is 0.306. The van der Waals surface area contributed by atoms with Crippen LogP contribution in [0, 0.1) is 5.92 Å². The Labute approximate surface area is 54.9 Å². The molecule has 0 atom stereocenters. The van der Waals surface area contributed by atoms with Crippen LogP contribution in [-0.2, 0) is 0 Å². The zero-order valence-electron chi connectivity index (χ0n) is 5.92. The van der Waals surface area contributed by atoms with Gasteiger partial charge in [0.1, 0.15) is 0 Å². The highest BCUT2D eigenvalue weighted by Gasteiger charge is 2.00. The molecule has 1 N–H and O–H groups in total. The molecule has 0 radical (unpaired) electrons. The summed E-state index contributed by atoms with van der Waals surface area (Å²) in [6, 6.07) is 0. The first kappa shape index (κ1) is 6.35. The van der Waals surface area contributed by atoms with Crippen LogP contribution >= 0.6 is 0 Å². The quantitative estimate of drug-likeness (QED) is 0.563. The summed E-state index contributed by atoms with van der Waals surface area (Å²) in [4.78, 5) is 0. The maximum Gasteiger partial charge on any atom is 0.0218 e. The fraction of sp³-hybridized carbons (Fsp3) is 0.800. The molecule has 1 heterocycles. The van der Waals surface area contributed by atoms with E-state index in [0.29, 0.717) is 5.92 Å². The minimum absolute atomic E-state index is 0.405. The normalized spacial score (nSPS) is 18.2. The van der Waals surface area contributed by atoms with E-state index < -0.39 is 0 Å². The Hall–Kier alpha value is -0.770. The number of rotatable bonds is 1. The Balaban J connectivity index is 2.52. The van der Waals surface area contributed by atoms with Gasteiger partial charge in [0.25, 0.3) is 0 Å². The second-order valence-corrected chi connectivity index (χ2v) is 2.35. The van der Waals surface area contributed by atoms with Gasteiger partial charge < -0.3 is 15.6 Å². The van der Waals surface area contributed by atoms with Crippen molar-refractivity contribution in [1.82, 2.24) is 10.7 Å². The molecule has 4 heteroatoms. The van der Waals surface area contributed by atoms with E-state index >= 15 is 0 Å². The molecule has 1 aliphatic heterocycles. The fourth-order valence-electron chi connectivity index (χ4n) is 0.567. The van der Waals surface area contributed by atoms with Gasteiger partial charge in [-0.05, 0) is 5.92 Å². The third-order valence-electron chi connectivity index (χ3n) is 1.08. The lowest BCUT2D eigenvalue weighted by atomic mass is 10.2. The summed E-state index contributed by atoms with van der Waals surface area (Å²) < 4.78 is 0. The molecule has 0 bridgehead atoms. The van der Waals surface area contributed by atoms with E-state index in [0.717, 1.165) is 5.84 Å². The number of amidine groups is 1. The largest absolute Gasteiger partial charge is 0.386 e. The van der Waals surface area contributed by atoms with Crippen molar-refractivity contribution in [2.24, 2.45) is 11.0 Å². The highest BCUT2D eigenvalue weighted by molar-refractivity contribution is 5.95. The number of nitrogens with zero attached hydrogens (tertiary/aromatic N) is 3. The Morgan fingerprint density at radius 1 is 1.67 bits per heavy atom. The molecule has 0 aromatic heterocycles. The monoisotopic (exact) mass is 127 g/mol. The molecule has 52 valence electrons. The third-order valence-corrected chi connectivity index (χ3v) is 1.08. The van der Waals surface area contributed by atoms with Crippen molar-refractivity contribution in [3.8, 4) is 0 Å². The average Bonchev–Trinajstić information content (AvgIpc) is 2.14. The lowest BCUT2D eigenvalue weighted by Crippen LogP contribution is -2.19. The first-order valence-electron chi connectivity index (χ1n) is 2.99. The van der Waals surface area contributed by atoms with Gasteiger partial charge in [0.15, 0.2) is 0 Å². The smallest absolute Gasteiger partial charge is 0.0218 e. The van der Waals surface area contributed by atoms with Crippen LogP contribution in [0.5, 0.6) is 0 Å². The molecule has 0 spiro atoms. The summed E-state index contributed by atoms with van der Waals surface area (Å²) >= 11 is 0. The van der Waals surface area contributed by atoms with E-state index in [1.54, 1.807) is 5.12 Å². The summed E-state index contributed by atoms with van der Waals surface area (Å²) in [5.41, 5.74) is 6.65. The van der Waals surface area contributed by atoms with Crippen molar-refractivity contribution >= 4 is 5.84 Å². The average molecular weight is 127 g/mol. The van der Waals surface area contributed by atoms with Crippen molar-refractivity contribution in [3.05, 3.63) is 5.43 Å². The predicted molar refractivity (Wildman–Crippen MR) is 36.5 cm³/mol. The van der Waals surface area contributed by atoms with Crippen LogP contribution in [-0.4, -0.2) is 18.0 Å². The summed E-state index contributed by atoms with van der Waals surface area (Å²) in [6.45, 7) is 4.12. The molecular weight excluding hydrogens is 116 g/mol. The molecular formula is C5H11N4-. The molecule has 0 aromatic rings. The van der Waals surface area contributed by atoms with Gasteiger partial charge in [-0.2, -0.15) is 0 Å². The van der Waals surface area contributed by atoms with Crippen molar-refractivity contribution in [1.29, 1.82) is 0 Å². The van der Waals surface area contributed by atoms with E-state index in [1.165, 1.54) is 0 Å². The zero-order chi connectivity index (χ0) is 6.85. The van der Waals surface area contributed by atoms with E-state index in [2.05, 4.69) is 29.9 Å². The molecule has 1 aliphatic rings. The first-order chi connectivity index (χ1) is 4.20. The number of hydrazone groups is 1. The van der Waals surface area contributed by atoms with Gasteiger partial charge in [0.2, 0.25) is 0 Å². The molecule has 0 fully saturated rings. The highest BCUT2D eigenvalue weighted by atomic mass is 15.8. The van der Waals surface area contributed by atoms with Crippen LogP contribution in [0.4, 0.5) is 0 Å². The van der Waals surface area contributed by atoms with E-state index in [4.69, 9.17) is 0 Å². The van der Waals surface area contributed by atoms with Gasteiger partial charge in [0.05, 0.1) is 0 Å². The minimum atomic E-state index is 0.405. The number of hydrogen-bond acceptors (Lipinski definition) is 3. The number of hydrogen-bond donors (Lipinski definition) is 1. The SMILES string of the molecule is CC(C)C1=NN(C)N[N-]1. The molecule has 0 aliphatic carbocycles. The van der Waals surface area contributed by atoms with Crippen molar-refractivity contribution in [2.75, 3.05) is 7.05 Å². The molecule has 1 rings (SSSR count). The fourth-order valence-corrected chi connectivity index (χ4v) is 0.567. The van der Waals surface area contributed by atoms with Crippen LogP contribution in [0.2, 0.25) is 0 Å². The highest BCUT2D eigenvalue weighted by Crippen LogP contribution is 2.07. The maximum atomic E-state index is 4.06. The first-order valence-corrected chi connectivity index (χ1v) is 2.99. The van der Waals surface area contributed by atoms with Crippen LogP contribution < -0.4 is 5.53 Å². The van der Waals surface area contributed by atoms with Crippen molar-refractivity contribution < 1.29 is 0 Å². The molecule has 0 amide bonds. The summed E-state index contributed by atoms with van der Waals surface area (Å²) in [5, 5.41) is 5.65. The van der Waals surface area contributed by atoms with Gasteiger partial charge >= 0.3 is 0 Å². The van der Waals surface area contributed by atoms with Gasteiger partial charge in [0, 0.05) is 7.05 Å². The van der Waals surface area contributed by atoms with Crippen LogP contribution in [0.25, 0.3) is 5.43 Å². The lowest BCUT2D eigenvalue weighted by Gasteiger charge is -2.12. The Bertz CT molecular complexity index is 129. The Morgan fingerprint density at radius 2 is 2.33 bits per heavy atom. The van der Waals surface area contributed by atoms with E-state index in [-0.39, 0.29) is 0 Å². The van der Waals surface area contributed by atoms with Crippen LogP contribution in [0.15, 0.2) is 5.10 Å². The second kappa shape index (κ2) is 2.23. The van der Waals surface area contributed by atoms with Gasteiger partial charge in [-0.1, -0.05) is 19.7 Å². The summed E-state index contributed by atoms with van der Waals surface area (Å²) in [7, 11) is 1.82. The van der Waals surface area contributed by atoms with E-state index in [9.17, 15) is 0 Å². The second-order valence-electron chi connectivity index (χ2n) is 2.35. The van der Waals surface area contributed by atoms with Crippen molar-refractivity contribution in [2.45, 2.75) is 13.8 Å². The van der Waals surface area contributed by atoms with Crippen LogP contribution in [0.1, 0.15) is 13.8 Å². The molecule has 4 nitrogen and oxygen atoms in total. The maximum absolute atomic E-state index is 4.06. The minimum Gasteiger partial charge on any atom is -0.386 e. The molecule has 9 heavy (non-hydrogen) atoms. The summed E-state index contributed by atoms with van der Waals surface area (Å²) in [6.07, 6.45) is 0. The number of hydrazine groups is 1. The van der Waals surface area contributed by atoms with Crippen molar-refractivity contribution in [3.63, 3.8) is 0 Å². The Morgan fingerprint density at radius 3 is 2.56 bits per heavy atom. The third kappa shape index (κ3) is 1.32. The van der Waals surface area contributed by atoms with Crippen LogP contribution in [0.3, 0.4) is 0 Å². The van der Waals surface area contributed by atoms with Gasteiger partial charge in [-0.25, -0.2) is 5.53 Å². The molecule has 0 unspecified atom stereocenters. The zero-order valence-corrected chi connectivity index (χ0v) is 5.92. The molecule has 0 saturated carbocycles. The summed E-state index contributed by atoms with van der Waals surface area (Å²) in [5.74, 6) is 1.26. The predicted octanol–water partition coefficient (Wildman–Crippen LogP) is 0.695. The topological polar surface area (TPSA) is 41.7 Å². The van der Waals surface area contributed by atoms with E-state index in [1.807, 2.05) is 7.05 Å². The standard InChI is InChI=1S/C5H11N4/c1-4(2)5-6-8-9(3)7-5/h4,8H,1-3H3/q-1. The molecule has 0 saturated heterocycles. The van der Waals surface area contributed by atoms with Gasteiger partial charge in [-0.3, -0.25) is 0 Å². The molecule has 0 aromatic carbocycles. The number of nitrogens with one attached hydrogen (secondary N) is 1. The van der Waals surface area contributed by atoms with Gasteiger partial charge in [-0.15, -0.1) is 0 Å².